The average molecular weight is 307 g/mol. The first kappa shape index (κ1) is 15.9. The Balaban J connectivity index is 2.26. The fourth-order valence-electron chi connectivity index (χ4n) is 2.03. The topological polar surface area (TPSA) is 69.6 Å². The molecule has 116 valence electrons. The number of benzene rings is 2. The van der Waals surface area contributed by atoms with Gasteiger partial charge in [-0.3, -0.25) is 0 Å². The zero-order chi connectivity index (χ0) is 16.1. The summed E-state index contributed by atoms with van der Waals surface area (Å²) in [6, 6.07) is 8.62. The van der Waals surface area contributed by atoms with E-state index in [1.54, 1.807) is 24.3 Å². The molecule has 2 aromatic rings. The van der Waals surface area contributed by atoms with Gasteiger partial charge in [-0.1, -0.05) is 12.1 Å². The van der Waals surface area contributed by atoms with Gasteiger partial charge in [-0.2, -0.15) is 0 Å². The number of carboxylic acids is 1. The number of hydrogen-bond donors (Lipinski definition) is 3. The molecule has 0 aliphatic heterocycles. The van der Waals surface area contributed by atoms with E-state index in [0.29, 0.717) is 18.5 Å². The molecule has 0 saturated heterocycles. The zero-order valence-corrected chi connectivity index (χ0v) is 11.6. The molecule has 0 saturated carbocycles. The first-order chi connectivity index (χ1) is 10.5. The Kier molecular flexibility index (Phi) is 5.06. The van der Waals surface area contributed by atoms with E-state index in [2.05, 4.69) is 5.32 Å². The Labute approximate surface area is 126 Å². The number of hydrogen-bond acceptors (Lipinski definition) is 3. The van der Waals surface area contributed by atoms with Crippen molar-refractivity contribution >= 4 is 17.3 Å². The van der Waals surface area contributed by atoms with Crippen LogP contribution in [0.2, 0.25) is 0 Å². The second-order valence-electron chi connectivity index (χ2n) is 4.74. The van der Waals surface area contributed by atoms with Crippen LogP contribution in [0.15, 0.2) is 36.4 Å². The molecule has 0 fully saturated rings. The molecular weight excluding hydrogens is 292 g/mol. The Morgan fingerprint density at radius 1 is 1.09 bits per heavy atom. The lowest BCUT2D eigenvalue weighted by Crippen LogP contribution is -2.06. The summed E-state index contributed by atoms with van der Waals surface area (Å²) in [4.78, 5) is 11.1. The van der Waals surface area contributed by atoms with Crippen LogP contribution in [0.25, 0.3) is 0 Å². The van der Waals surface area contributed by atoms with Crippen LogP contribution in [0.1, 0.15) is 22.3 Å². The van der Waals surface area contributed by atoms with Crippen LogP contribution < -0.4 is 5.32 Å². The van der Waals surface area contributed by atoms with Crippen molar-refractivity contribution in [2.75, 3.05) is 11.9 Å². The maximum Gasteiger partial charge on any atom is 0.337 e. The molecule has 0 radical (unpaired) electrons. The number of carboxylic acid groups (broad SMARTS) is 1. The predicted molar refractivity (Wildman–Crippen MR) is 78.4 cm³/mol. The van der Waals surface area contributed by atoms with Gasteiger partial charge in [0.05, 0.1) is 11.3 Å². The smallest absolute Gasteiger partial charge is 0.337 e. The third kappa shape index (κ3) is 3.59. The highest BCUT2D eigenvalue weighted by Gasteiger charge is 2.18. The van der Waals surface area contributed by atoms with E-state index in [4.69, 9.17) is 10.2 Å². The number of aliphatic hydroxyl groups excluding tert-OH is 1. The van der Waals surface area contributed by atoms with Crippen LogP contribution >= 0.6 is 0 Å². The molecule has 0 heterocycles. The minimum Gasteiger partial charge on any atom is -0.478 e. The number of rotatable bonds is 6. The largest absolute Gasteiger partial charge is 0.478 e. The normalized spacial score (nSPS) is 10.5. The number of anilines is 2. The molecule has 6 heteroatoms. The second kappa shape index (κ2) is 7.00. The van der Waals surface area contributed by atoms with Gasteiger partial charge in [-0.15, -0.1) is 0 Å². The van der Waals surface area contributed by atoms with Gasteiger partial charge in [0, 0.05) is 12.3 Å². The summed E-state index contributed by atoms with van der Waals surface area (Å²) in [5.74, 6) is -3.70. The molecule has 4 nitrogen and oxygen atoms in total. The summed E-state index contributed by atoms with van der Waals surface area (Å²) < 4.78 is 27.1. The van der Waals surface area contributed by atoms with E-state index in [9.17, 15) is 13.6 Å². The lowest BCUT2D eigenvalue weighted by atomic mass is 10.1. The number of aromatic carboxylic acids is 1. The molecule has 0 amide bonds. The van der Waals surface area contributed by atoms with Crippen molar-refractivity contribution in [1.82, 2.24) is 0 Å². The van der Waals surface area contributed by atoms with Gasteiger partial charge in [0.25, 0.3) is 0 Å². The number of nitrogens with one attached hydrogen (secondary N) is 1. The van der Waals surface area contributed by atoms with Gasteiger partial charge < -0.3 is 15.5 Å². The summed E-state index contributed by atoms with van der Waals surface area (Å²) >= 11 is 0. The van der Waals surface area contributed by atoms with Gasteiger partial charge in [0.15, 0.2) is 11.6 Å². The maximum atomic E-state index is 13.8. The first-order valence-corrected chi connectivity index (χ1v) is 6.71. The van der Waals surface area contributed by atoms with Crippen molar-refractivity contribution in [3.05, 3.63) is 59.2 Å². The fourth-order valence-corrected chi connectivity index (χ4v) is 2.03. The van der Waals surface area contributed by atoms with Crippen LogP contribution in [0.5, 0.6) is 0 Å². The molecule has 2 rings (SSSR count). The third-order valence-corrected chi connectivity index (χ3v) is 3.17. The Bertz CT molecular complexity index is 672. The molecule has 2 aromatic carbocycles. The quantitative estimate of drug-likeness (QED) is 0.765. The van der Waals surface area contributed by atoms with E-state index in [-0.39, 0.29) is 12.2 Å². The minimum absolute atomic E-state index is 0.0937. The van der Waals surface area contributed by atoms with E-state index in [1.165, 1.54) is 0 Å². The van der Waals surface area contributed by atoms with Crippen molar-refractivity contribution in [3.8, 4) is 0 Å². The Morgan fingerprint density at radius 2 is 1.77 bits per heavy atom. The minimum atomic E-state index is -1.35. The van der Waals surface area contributed by atoms with Crippen molar-refractivity contribution in [2.45, 2.75) is 12.8 Å². The average Bonchev–Trinajstić information content (AvgIpc) is 2.51. The highest BCUT2D eigenvalue weighted by atomic mass is 19.2. The second-order valence-corrected chi connectivity index (χ2v) is 4.74. The van der Waals surface area contributed by atoms with Crippen molar-refractivity contribution < 1.29 is 23.8 Å². The molecule has 0 spiro atoms. The summed E-state index contributed by atoms with van der Waals surface area (Å²) in [5, 5.41) is 20.4. The van der Waals surface area contributed by atoms with Crippen LogP contribution in [0.3, 0.4) is 0 Å². The van der Waals surface area contributed by atoms with Gasteiger partial charge in [-0.05, 0) is 42.7 Å². The van der Waals surface area contributed by atoms with E-state index < -0.39 is 23.3 Å². The molecule has 0 aliphatic carbocycles. The van der Waals surface area contributed by atoms with Crippen LogP contribution in [-0.4, -0.2) is 22.8 Å². The monoisotopic (exact) mass is 307 g/mol. The number of halogens is 2. The summed E-state index contributed by atoms with van der Waals surface area (Å²) in [6.07, 6.45) is 1.33. The number of carbonyl (C=O) groups is 1. The molecule has 0 unspecified atom stereocenters. The molecule has 22 heavy (non-hydrogen) atoms. The van der Waals surface area contributed by atoms with Crippen molar-refractivity contribution in [3.63, 3.8) is 0 Å². The summed E-state index contributed by atoms with van der Waals surface area (Å²) in [6.45, 7) is 0.0937. The summed E-state index contributed by atoms with van der Waals surface area (Å²) in [5.41, 5.74) is 0.677. The standard InChI is InChI=1S/C16H15F2NO3/c17-13-8-7-12(16(21)22)15(14(13)18)19-11-5-3-10(4-6-11)2-1-9-20/h3-8,19-20H,1-2,9H2,(H,21,22). The van der Waals surface area contributed by atoms with E-state index in [0.717, 1.165) is 17.7 Å². The lowest BCUT2D eigenvalue weighted by molar-refractivity contribution is 0.0697. The highest BCUT2D eigenvalue weighted by molar-refractivity contribution is 5.95. The Hall–Kier alpha value is -2.47. The fraction of sp³-hybridized carbons (Fsp3) is 0.188. The highest BCUT2D eigenvalue weighted by Crippen LogP contribution is 2.26. The van der Waals surface area contributed by atoms with Crippen LogP contribution in [-0.2, 0) is 6.42 Å². The Morgan fingerprint density at radius 3 is 2.36 bits per heavy atom. The predicted octanol–water partition coefficient (Wildman–Crippen LogP) is 3.33. The zero-order valence-electron chi connectivity index (χ0n) is 11.6. The molecule has 0 atom stereocenters. The van der Waals surface area contributed by atoms with Gasteiger partial charge in [0.1, 0.15) is 0 Å². The summed E-state index contributed by atoms with van der Waals surface area (Å²) in [7, 11) is 0. The maximum absolute atomic E-state index is 13.8. The van der Waals surface area contributed by atoms with Gasteiger partial charge in [-0.25, -0.2) is 13.6 Å². The van der Waals surface area contributed by atoms with Crippen LogP contribution in [0.4, 0.5) is 20.2 Å². The first-order valence-electron chi connectivity index (χ1n) is 6.71. The van der Waals surface area contributed by atoms with Crippen molar-refractivity contribution in [1.29, 1.82) is 0 Å². The van der Waals surface area contributed by atoms with Gasteiger partial charge >= 0.3 is 5.97 Å². The SMILES string of the molecule is O=C(O)c1ccc(F)c(F)c1Nc1ccc(CCCO)cc1. The molecule has 0 aromatic heterocycles. The number of aliphatic hydroxyl groups is 1. The molecule has 3 N–H and O–H groups in total. The molecule has 0 bridgehead atoms. The van der Waals surface area contributed by atoms with Crippen molar-refractivity contribution in [2.24, 2.45) is 0 Å². The van der Waals surface area contributed by atoms with E-state index >= 15 is 0 Å². The third-order valence-electron chi connectivity index (χ3n) is 3.17. The van der Waals surface area contributed by atoms with Crippen LogP contribution in [0, 0.1) is 11.6 Å². The lowest BCUT2D eigenvalue weighted by Gasteiger charge is -2.12. The molecular formula is C16H15F2NO3. The van der Waals surface area contributed by atoms with E-state index in [1.807, 2.05) is 0 Å². The van der Waals surface area contributed by atoms with Gasteiger partial charge in [0.2, 0.25) is 0 Å². The molecule has 0 aliphatic rings. The number of aryl methyl sites for hydroxylation is 1.